The number of nitrogens with one attached hydrogen (secondary N) is 2. The molecule has 0 bridgehead atoms. The van der Waals surface area contributed by atoms with E-state index in [2.05, 4.69) is 26.5 Å². The summed E-state index contributed by atoms with van der Waals surface area (Å²) in [6.45, 7) is 2.07. The van der Waals surface area contributed by atoms with E-state index in [4.69, 9.17) is 5.73 Å². The Morgan fingerprint density at radius 2 is 2.00 bits per heavy atom. The van der Waals surface area contributed by atoms with Gasteiger partial charge in [-0.15, -0.1) is 0 Å². The Morgan fingerprint density at radius 1 is 1.13 bits per heavy atom. The summed E-state index contributed by atoms with van der Waals surface area (Å²) in [6, 6.07) is 5.59. The van der Waals surface area contributed by atoms with Crippen molar-refractivity contribution in [3.8, 4) is 0 Å². The molecule has 9 heteroatoms. The van der Waals surface area contributed by atoms with Crippen molar-refractivity contribution in [3.05, 3.63) is 46.8 Å². The zero-order chi connectivity index (χ0) is 21.5. The molecule has 0 spiro atoms. The number of imide groups is 1. The van der Waals surface area contributed by atoms with Crippen LogP contribution in [0.25, 0.3) is 0 Å². The van der Waals surface area contributed by atoms with Crippen molar-refractivity contribution in [1.82, 2.24) is 25.3 Å². The summed E-state index contributed by atoms with van der Waals surface area (Å²) in [5, 5.41) is 9.47. The van der Waals surface area contributed by atoms with E-state index >= 15 is 0 Å². The number of hydrogen-bond donors (Lipinski definition) is 3. The number of aromatic nitrogens is 2. The molecule has 1 aromatic carbocycles. The molecule has 162 valence electrons. The number of carbonyl (C=O) groups is 3. The number of carbonyl (C=O) groups excluding carboxylic acids is 3. The topological polar surface area (TPSA) is 124 Å². The first-order valence-corrected chi connectivity index (χ1v) is 10.8. The predicted molar refractivity (Wildman–Crippen MR) is 112 cm³/mol. The molecule has 2 aromatic rings. The third-order valence-electron chi connectivity index (χ3n) is 6.62. The quantitative estimate of drug-likeness (QED) is 0.641. The van der Waals surface area contributed by atoms with Gasteiger partial charge in [-0.25, -0.2) is 0 Å². The highest BCUT2D eigenvalue weighted by Crippen LogP contribution is 2.34. The van der Waals surface area contributed by atoms with Crippen molar-refractivity contribution < 1.29 is 14.4 Å². The Balaban J connectivity index is 1.34. The van der Waals surface area contributed by atoms with Crippen LogP contribution in [0.5, 0.6) is 0 Å². The fourth-order valence-electron chi connectivity index (χ4n) is 5.01. The summed E-state index contributed by atoms with van der Waals surface area (Å²) in [6.07, 6.45) is 5.56. The first kappa shape index (κ1) is 19.7. The number of fused-ring (bicyclic) bond motifs is 1. The summed E-state index contributed by atoms with van der Waals surface area (Å²) in [5.41, 5.74) is 10.4. The molecule has 3 amide bonds. The summed E-state index contributed by atoms with van der Waals surface area (Å²) < 4.78 is 0. The van der Waals surface area contributed by atoms with Gasteiger partial charge in [-0.1, -0.05) is 18.6 Å². The maximum Gasteiger partial charge on any atom is 0.255 e. The minimum absolute atomic E-state index is 0.139. The van der Waals surface area contributed by atoms with E-state index in [1.54, 1.807) is 11.1 Å². The minimum atomic E-state index is -0.587. The van der Waals surface area contributed by atoms with Gasteiger partial charge < -0.3 is 10.6 Å². The van der Waals surface area contributed by atoms with E-state index in [9.17, 15) is 14.4 Å². The van der Waals surface area contributed by atoms with Crippen molar-refractivity contribution >= 4 is 23.4 Å². The summed E-state index contributed by atoms with van der Waals surface area (Å²) >= 11 is 0. The number of amides is 3. The molecule has 2 unspecified atom stereocenters. The Hall–Kier alpha value is -3.20. The highest BCUT2D eigenvalue weighted by molar-refractivity contribution is 6.05. The molecule has 5 rings (SSSR count). The normalized spacial score (nSPS) is 24.4. The van der Waals surface area contributed by atoms with Gasteiger partial charge in [-0.3, -0.25) is 29.7 Å². The van der Waals surface area contributed by atoms with E-state index in [1.165, 1.54) is 0 Å². The minimum Gasteiger partial charge on any atom is -0.396 e. The van der Waals surface area contributed by atoms with Crippen LogP contribution in [-0.4, -0.2) is 50.3 Å². The largest absolute Gasteiger partial charge is 0.396 e. The number of anilines is 1. The third kappa shape index (κ3) is 3.59. The molecule has 0 aliphatic carbocycles. The number of nitrogen functional groups attached to an aromatic ring is 1. The fourth-order valence-corrected chi connectivity index (χ4v) is 5.01. The maximum atomic E-state index is 13.1. The van der Waals surface area contributed by atoms with Crippen molar-refractivity contribution in [3.63, 3.8) is 0 Å². The lowest BCUT2D eigenvalue weighted by Crippen LogP contribution is -2.52. The van der Waals surface area contributed by atoms with E-state index in [1.807, 2.05) is 12.1 Å². The van der Waals surface area contributed by atoms with Gasteiger partial charge in [0, 0.05) is 25.1 Å². The highest BCUT2D eigenvalue weighted by atomic mass is 16.2. The predicted octanol–water partition coefficient (Wildman–Crippen LogP) is 1.48. The highest BCUT2D eigenvalue weighted by Gasteiger charge is 2.39. The van der Waals surface area contributed by atoms with Gasteiger partial charge in [0.25, 0.3) is 5.91 Å². The Bertz CT molecular complexity index is 1050. The number of nitrogens with two attached hydrogens (primary N) is 1. The number of aromatic amines is 1. The molecule has 3 aliphatic heterocycles. The van der Waals surface area contributed by atoms with Crippen molar-refractivity contribution in [1.29, 1.82) is 0 Å². The first-order chi connectivity index (χ1) is 15.0. The van der Waals surface area contributed by atoms with Gasteiger partial charge in [0.15, 0.2) is 0 Å². The molecule has 0 radical (unpaired) electrons. The second-order valence-electron chi connectivity index (χ2n) is 8.61. The molecular weight excluding hydrogens is 396 g/mol. The van der Waals surface area contributed by atoms with Crippen molar-refractivity contribution in [2.45, 2.75) is 57.3 Å². The van der Waals surface area contributed by atoms with Crippen molar-refractivity contribution in [2.75, 3.05) is 12.3 Å². The Labute approximate surface area is 180 Å². The number of nitrogens with zero attached hydrogens (tertiary/aromatic N) is 3. The van der Waals surface area contributed by atoms with Crippen LogP contribution in [0.1, 0.15) is 65.3 Å². The third-order valence-corrected chi connectivity index (χ3v) is 6.62. The number of rotatable bonds is 4. The van der Waals surface area contributed by atoms with Gasteiger partial charge in [0.1, 0.15) is 6.04 Å². The smallest absolute Gasteiger partial charge is 0.255 e. The molecular formula is C22H26N6O3. The fraction of sp³-hybridized carbons (Fsp3) is 0.455. The number of hydrogen-bond acceptors (Lipinski definition) is 6. The van der Waals surface area contributed by atoms with Crippen LogP contribution in [0.3, 0.4) is 0 Å². The van der Waals surface area contributed by atoms with Gasteiger partial charge >= 0.3 is 0 Å². The number of benzene rings is 1. The zero-order valence-electron chi connectivity index (χ0n) is 17.3. The summed E-state index contributed by atoms with van der Waals surface area (Å²) in [7, 11) is 0. The molecule has 4 heterocycles. The van der Waals surface area contributed by atoms with Gasteiger partial charge in [-0.05, 0) is 43.0 Å². The second-order valence-corrected chi connectivity index (χ2v) is 8.61. The number of H-pyrrole nitrogens is 1. The van der Waals surface area contributed by atoms with Crippen LogP contribution in [0, 0.1) is 0 Å². The standard InChI is InChI=1S/C22H26N6O3/c23-16-10-24-26-20(16)17-3-1-2-8-27(17)11-13-4-5-14-12-28(22(31)15(14)9-13)18-6-7-19(29)25-21(18)30/h4-5,9-10,17-18H,1-3,6-8,11-12,23H2,(H,24,26)(H,25,29,30). The lowest BCUT2D eigenvalue weighted by Gasteiger charge is -2.35. The molecule has 31 heavy (non-hydrogen) atoms. The van der Waals surface area contributed by atoms with Crippen molar-refractivity contribution in [2.24, 2.45) is 0 Å². The maximum absolute atomic E-state index is 13.1. The molecule has 4 N–H and O–H groups in total. The average molecular weight is 422 g/mol. The summed E-state index contributed by atoms with van der Waals surface area (Å²) in [5.74, 6) is -0.799. The van der Waals surface area contributed by atoms with E-state index in [0.717, 1.165) is 42.6 Å². The second kappa shape index (κ2) is 7.81. The first-order valence-electron chi connectivity index (χ1n) is 10.8. The van der Waals surface area contributed by atoms with Crippen LogP contribution in [0.15, 0.2) is 24.4 Å². The van der Waals surface area contributed by atoms with Crippen LogP contribution in [-0.2, 0) is 22.7 Å². The number of piperidine rings is 2. The molecule has 2 atom stereocenters. The molecule has 3 aliphatic rings. The zero-order valence-corrected chi connectivity index (χ0v) is 17.3. The average Bonchev–Trinajstić information content (AvgIpc) is 3.32. The molecule has 1 aromatic heterocycles. The molecule has 2 saturated heterocycles. The Morgan fingerprint density at radius 3 is 2.77 bits per heavy atom. The lowest BCUT2D eigenvalue weighted by atomic mass is 9.97. The monoisotopic (exact) mass is 422 g/mol. The molecule has 0 saturated carbocycles. The van der Waals surface area contributed by atoms with Gasteiger partial charge in [0.2, 0.25) is 11.8 Å². The van der Waals surface area contributed by atoms with Gasteiger partial charge in [-0.2, -0.15) is 5.10 Å². The van der Waals surface area contributed by atoms with E-state index in [-0.39, 0.29) is 30.2 Å². The summed E-state index contributed by atoms with van der Waals surface area (Å²) in [4.78, 5) is 40.7. The van der Waals surface area contributed by atoms with Gasteiger partial charge in [0.05, 0.1) is 23.6 Å². The van der Waals surface area contributed by atoms with E-state index < -0.39 is 6.04 Å². The van der Waals surface area contributed by atoms with Crippen LogP contribution in [0.4, 0.5) is 5.69 Å². The SMILES string of the molecule is Nc1cn[nH]c1C1CCCCN1Cc1ccc2c(c1)C(=O)N(C1CCC(=O)NC1=O)C2. The van der Waals surface area contributed by atoms with Crippen LogP contribution >= 0.6 is 0 Å². The van der Waals surface area contributed by atoms with Crippen LogP contribution in [0.2, 0.25) is 0 Å². The number of likely N-dealkylation sites (tertiary alicyclic amines) is 1. The molecule has 9 nitrogen and oxygen atoms in total. The lowest BCUT2D eigenvalue weighted by molar-refractivity contribution is -0.136. The Kier molecular flexibility index (Phi) is 4.97. The van der Waals surface area contributed by atoms with Crippen LogP contribution < -0.4 is 11.1 Å². The molecule has 2 fully saturated rings. The van der Waals surface area contributed by atoms with E-state index in [0.29, 0.717) is 30.8 Å².